The molecule has 2 aromatic rings. The lowest BCUT2D eigenvalue weighted by Gasteiger charge is -2.00. The van der Waals surface area contributed by atoms with E-state index in [9.17, 15) is 4.79 Å². The highest BCUT2D eigenvalue weighted by Gasteiger charge is 2.10. The quantitative estimate of drug-likeness (QED) is 0.532. The molecular weight excluding hydrogens is 433 g/mol. The maximum atomic E-state index is 11.8. The molecule has 0 unspecified atom stereocenters. The zero-order chi connectivity index (χ0) is 14.7. The summed E-state index contributed by atoms with van der Waals surface area (Å²) in [4.78, 5) is 14.7. The summed E-state index contributed by atoms with van der Waals surface area (Å²) in [6.45, 7) is 0. The maximum absolute atomic E-state index is 11.8. The van der Waals surface area contributed by atoms with Crippen LogP contribution >= 0.6 is 55.1 Å². The first kappa shape index (κ1) is 15.6. The highest BCUT2D eigenvalue weighted by atomic mass is 79.9. The number of nitrogens with zero attached hydrogens (tertiary/aromatic N) is 1. The standard InChI is InChI=1S/C12H7Br2Cl2N3O/c13-7-4-10(18-11(7)14)12(20)19-17-5-6-8(15)2-1-3-9(6)16/h1-5,18H,(H,19,20)/b17-5+. The number of benzene rings is 1. The third-order valence-corrected chi connectivity index (χ3v) is 4.77. The zero-order valence-corrected chi connectivity index (χ0v) is 14.4. The van der Waals surface area contributed by atoms with E-state index in [-0.39, 0.29) is 5.91 Å². The summed E-state index contributed by atoms with van der Waals surface area (Å²) in [6, 6.07) is 6.75. The van der Waals surface area contributed by atoms with Crippen LogP contribution in [0.4, 0.5) is 0 Å². The lowest BCUT2D eigenvalue weighted by atomic mass is 10.2. The maximum Gasteiger partial charge on any atom is 0.287 e. The minimum absolute atomic E-state index is 0.367. The normalized spacial score (nSPS) is 11.0. The van der Waals surface area contributed by atoms with Crippen LogP contribution in [-0.4, -0.2) is 17.1 Å². The summed E-state index contributed by atoms with van der Waals surface area (Å²) < 4.78 is 1.43. The van der Waals surface area contributed by atoms with E-state index in [2.05, 4.69) is 47.4 Å². The third kappa shape index (κ3) is 3.63. The Morgan fingerprint density at radius 2 is 1.95 bits per heavy atom. The molecule has 0 radical (unpaired) electrons. The topological polar surface area (TPSA) is 57.2 Å². The van der Waals surface area contributed by atoms with E-state index in [4.69, 9.17) is 23.2 Å². The van der Waals surface area contributed by atoms with Gasteiger partial charge in [0.2, 0.25) is 0 Å². The van der Waals surface area contributed by atoms with Crippen LogP contribution in [-0.2, 0) is 0 Å². The Labute approximate surface area is 141 Å². The van der Waals surface area contributed by atoms with Crippen molar-refractivity contribution < 1.29 is 4.79 Å². The molecule has 104 valence electrons. The minimum atomic E-state index is -0.379. The molecule has 0 bridgehead atoms. The average molecular weight is 440 g/mol. The molecule has 0 aliphatic carbocycles. The summed E-state index contributed by atoms with van der Waals surface area (Å²) >= 11 is 18.5. The number of rotatable bonds is 3. The van der Waals surface area contributed by atoms with E-state index in [1.54, 1.807) is 24.3 Å². The molecule has 8 heteroatoms. The first-order valence-electron chi connectivity index (χ1n) is 5.30. The Bertz CT molecular complexity index is 646. The van der Waals surface area contributed by atoms with Crippen molar-refractivity contribution >= 4 is 67.2 Å². The SMILES string of the molecule is O=C(N/N=C/c1c(Cl)cccc1Cl)c1cc(Br)c(Br)[nH]1. The fraction of sp³-hybridized carbons (Fsp3) is 0. The summed E-state index contributed by atoms with van der Waals surface area (Å²) in [5.41, 5.74) is 3.30. The van der Waals surface area contributed by atoms with Crippen molar-refractivity contribution in [2.45, 2.75) is 0 Å². The number of nitrogens with one attached hydrogen (secondary N) is 2. The molecule has 4 nitrogen and oxygen atoms in total. The minimum Gasteiger partial charge on any atom is -0.344 e. The van der Waals surface area contributed by atoms with Crippen molar-refractivity contribution in [3.05, 3.63) is 54.6 Å². The summed E-state index contributed by atoms with van der Waals surface area (Å²) in [5, 5.41) is 4.75. The molecule has 0 fully saturated rings. The number of aromatic amines is 1. The number of amides is 1. The van der Waals surface area contributed by atoms with Crippen LogP contribution in [0.3, 0.4) is 0 Å². The van der Waals surface area contributed by atoms with Crippen LogP contribution in [0.15, 0.2) is 38.4 Å². The van der Waals surface area contributed by atoms with Crippen molar-refractivity contribution in [3.63, 3.8) is 0 Å². The van der Waals surface area contributed by atoms with E-state index in [0.29, 0.717) is 25.9 Å². The molecule has 0 saturated carbocycles. The van der Waals surface area contributed by atoms with Gasteiger partial charge in [0.1, 0.15) is 5.69 Å². The van der Waals surface area contributed by atoms with Crippen LogP contribution in [0.25, 0.3) is 0 Å². The highest BCUT2D eigenvalue weighted by Crippen LogP contribution is 2.23. The fourth-order valence-corrected chi connectivity index (χ4v) is 2.53. The van der Waals surface area contributed by atoms with Crippen molar-refractivity contribution in [1.29, 1.82) is 0 Å². The van der Waals surface area contributed by atoms with Crippen LogP contribution < -0.4 is 5.43 Å². The summed E-state index contributed by atoms with van der Waals surface area (Å²) in [7, 11) is 0. The van der Waals surface area contributed by atoms with Gasteiger partial charge in [0, 0.05) is 5.56 Å². The molecule has 0 atom stereocenters. The third-order valence-electron chi connectivity index (χ3n) is 2.33. The van der Waals surface area contributed by atoms with E-state index >= 15 is 0 Å². The Hall–Kier alpha value is -0.820. The van der Waals surface area contributed by atoms with Gasteiger partial charge in [0.05, 0.1) is 25.3 Å². The van der Waals surface area contributed by atoms with Gasteiger partial charge < -0.3 is 4.98 Å². The molecule has 1 aromatic carbocycles. The second-order valence-electron chi connectivity index (χ2n) is 3.68. The molecule has 0 aliphatic rings. The monoisotopic (exact) mass is 437 g/mol. The van der Waals surface area contributed by atoms with E-state index < -0.39 is 0 Å². The first-order valence-corrected chi connectivity index (χ1v) is 7.64. The van der Waals surface area contributed by atoms with Gasteiger partial charge in [-0.25, -0.2) is 5.43 Å². The van der Waals surface area contributed by atoms with E-state index in [0.717, 1.165) is 4.47 Å². The van der Waals surface area contributed by atoms with Gasteiger partial charge in [0.15, 0.2) is 0 Å². The van der Waals surface area contributed by atoms with Crippen molar-refractivity contribution in [1.82, 2.24) is 10.4 Å². The van der Waals surface area contributed by atoms with Crippen molar-refractivity contribution in [2.24, 2.45) is 5.10 Å². The lowest BCUT2D eigenvalue weighted by molar-refractivity contribution is 0.0950. The number of carbonyl (C=O) groups is 1. The van der Waals surface area contributed by atoms with Gasteiger partial charge in [0.25, 0.3) is 5.91 Å². The second kappa shape index (κ2) is 6.76. The van der Waals surface area contributed by atoms with Crippen LogP contribution in [0.2, 0.25) is 10.0 Å². The summed E-state index contributed by atoms with van der Waals surface area (Å²) in [6.07, 6.45) is 1.40. The number of H-pyrrole nitrogens is 1. The van der Waals surface area contributed by atoms with Crippen LogP contribution in [0, 0.1) is 0 Å². The first-order chi connectivity index (χ1) is 9.49. The molecule has 0 aliphatic heterocycles. The predicted octanol–water partition coefficient (Wildman–Crippen LogP) is 4.61. The molecule has 1 aromatic heterocycles. The van der Waals surface area contributed by atoms with Gasteiger partial charge in [-0.15, -0.1) is 0 Å². The number of hydrazone groups is 1. The smallest absolute Gasteiger partial charge is 0.287 e. The Balaban J connectivity index is 2.08. The zero-order valence-electron chi connectivity index (χ0n) is 9.75. The molecule has 20 heavy (non-hydrogen) atoms. The molecule has 2 rings (SSSR count). The predicted molar refractivity (Wildman–Crippen MR) is 87.7 cm³/mol. The number of aromatic nitrogens is 1. The number of carbonyl (C=O) groups excluding carboxylic acids is 1. The Kier molecular flexibility index (Phi) is 5.26. The average Bonchev–Trinajstić information content (AvgIpc) is 2.73. The fourth-order valence-electron chi connectivity index (χ4n) is 1.38. The molecule has 0 saturated heterocycles. The Morgan fingerprint density at radius 3 is 2.50 bits per heavy atom. The van der Waals surface area contributed by atoms with Gasteiger partial charge in [-0.2, -0.15) is 5.10 Å². The molecule has 0 spiro atoms. The largest absolute Gasteiger partial charge is 0.344 e. The number of halogens is 4. The summed E-state index contributed by atoms with van der Waals surface area (Å²) in [5.74, 6) is -0.379. The Morgan fingerprint density at radius 1 is 1.30 bits per heavy atom. The molecule has 2 N–H and O–H groups in total. The van der Waals surface area contributed by atoms with Crippen LogP contribution in [0.1, 0.15) is 16.1 Å². The van der Waals surface area contributed by atoms with Gasteiger partial charge in [-0.05, 0) is 50.1 Å². The van der Waals surface area contributed by atoms with Crippen LogP contribution in [0.5, 0.6) is 0 Å². The second-order valence-corrected chi connectivity index (χ2v) is 6.14. The molecule has 1 heterocycles. The van der Waals surface area contributed by atoms with Gasteiger partial charge in [-0.1, -0.05) is 29.3 Å². The molecule has 1 amide bonds. The highest BCUT2D eigenvalue weighted by molar-refractivity contribution is 9.13. The van der Waals surface area contributed by atoms with E-state index in [1.807, 2.05) is 0 Å². The van der Waals surface area contributed by atoms with Gasteiger partial charge in [-0.3, -0.25) is 4.79 Å². The number of hydrogen-bond acceptors (Lipinski definition) is 2. The van der Waals surface area contributed by atoms with Crippen molar-refractivity contribution in [2.75, 3.05) is 0 Å². The molecular formula is C12H7Br2Cl2N3O. The van der Waals surface area contributed by atoms with Gasteiger partial charge >= 0.3 is 0 Å². The van der Waals surface area contributed by atoms with Crippen molar-refractivity contribution in [3.8, 4) is 0 Å². The number of hydrogen-bond donors (Lipinski definition) is 2. The van der Waals surface area contributed by atoms with E-state index in [1.165, 1.54) is 6.21 Å². The lowest BCUT2D eigenvalue weighted by Crippen LogP contribution is -2.18.